The van der Waals surface area contributed by atoms with Gasteiger partial charge in [0.2, 0.25) is 0 Å². The summed E-state index contributed by atoms with van der Waals surface area (Å²) in [4.78, 5) is 12.9. The van der Waals surface area contributed by atoms with Crippen LogP contribution in [-0.2, 0) is 0 Å². The summed E-state index contributed by atoms with van der Waals surface area (Å²) in [7, 11) is 0. The Balaban J connectivity index is 1.11. The first kappa shape index (κ1) is 30.2. The van der Waals surface area contributed by atoms with E-state index in [-0.39, 0.29) is 0 Å². The van der Waals surface area contributed by atoms with Gasteiger partial charge in [0.1, 0.15) is 0 Å². The number of benzene rings is 8. The van der Waals surface area contributed by atoms with Crippen LogP contribution in [0.4, 0.5) is 17.1 Å². The van der Waals surface area contributed by atoms with Crippen molar-refractivity contribution in [2.24, 2.45) is 0 Å². The Labute approximate surface area is 297 Å². The largest absolute Gasteiger partial charge is 0.311 e. The zero-order chi connectivity index (χ0) is 34.0. The Morgan fingerprint density at radius 3 is 1.29 bits per heavy atom. The molecule has 0 unspecified atom stereocenters. The smallest absolute Gasteiger partial charge is 0.0973 e. The average Bonchev–Trinajstić information content (AvgIpc) is 3.22. The van der Waals surface area contributed by atoms with Crippen LogP contribution in [0.25, 0.3) is 66.6 Å². The molecule has 0 spiro atoms. The lowest BCUT2D eigenvalue weighted by molar-refractivity contribution is 1.28. The summed E-state index contributed by atoms with van der Waals surface area (Å²) in [5.41, 5.74) is 13.6. The number of hydrogen-bond acceptors (Lipinski definition) is 3. The molecule has 0 atom stereocenters. The van der Waals surface area contributed by atoms with Gasteiger partial charge in [0, 0.05) is 33.6 Å². The molecule has 0 amide bonds. The molecular formula is C48H33N3. The van der Waals surface area contributed by atoms with Crippen LogP contribution in [0.3, 0.4) is 0 Å². The maximum atomic E-state index is 5.35. The molecule has 3 nitrogen and oxygen atoms in total. The van der Waals surface area contributed by atoms with Crippen LogP contribution in [-0.4, -0.2) is 9.97 Å². The monoisotopic (exact) mass is 651 g/mol. The standard InChI is InChI=1S/C48H33N3/c1-5-13-34(14-6-1)35-23-28-42(29-24-35)51(41-19-11-4-12-20-41)43-30-25-36(26-31-43)40-22-21-37-27-32-45-48(44(37)33-40)50-47(39-17-9-3-10-18-39)46(49-45)38-15-7-2-8-16-38/h1-33H. The van der Waals surface area contributed by atoms with Crippen molar-refractivity contribution in [2.45, 2.75) is 0 Å². The van der Waals surface area contributed by atoms with Gasteiger partial charge < -0.3 is 4.90 Å². The van der Waals surface area contributed by atoms with Gasteiger partial charge in [0.05, 0.1) is 22.4 Å². The first-order valence-electron chi connectivity index (χ1n) is 17.2. The molecule has 0 aliphatic heterocycles. The third-order valence-corrected chi connectivity index (χ3v) is 9.45. The van der Waals surface area contributed by atoms with E-state index in [9.17, 15) is 0 Å². The normalized spacial score (nSPS) is 11.1. The van der Waals surface area contributed by atoms with E-state index >= 15 is 0 Å². The molecule has 1 aromatic heterocycles. The van der Waals surface area contributed by atoms with E-state index in [4.69, 9.17) is 9.97 Å². The van der Waals surface area contributed by atoms with Crippen LogP contribution in [0.15, 0.2) is 200 Å². The van der Waals surface area contributed by atoms with Crippen LogP contribution >= 0.6 is 0 Å². The average molecular weight is 652 g/mol. The molecule has 0 fully saturated rings. The molecule has 0 bridgehead atoms. The minimum absolute atomic E-state index is 0.880. The van der Waals surface area contributed by atoms with Crippen molar-refractivity contribution in [2.75, 3.05) is 4.90 Å². The summed E-state index contributed by atoms with van der Waals surface area (Å²) >= 11 is 0. The highest BCUT2D eigenvalue weighted by Gasteiger charge is 2.16. The predicted molar refractivity (Wildman–Crippen MR) is 213 cm³/mol. The highest BCUT2D eigenvalue weighted by Crippen LogP contribution is 2.38. The topological polar surface area (TPSA) is 29.0 Å². The fraction of sp³-hybridized carbons (Fsp3) is 0. The van der Waals surface area contributed by atoms with Crippen molar-refractivity contribution < 1.29 is 0 Å². The minimum atomic E-state index is 0.880. The van der Waals surface area contributed by atoms with Crippen molar-refractivity contribution in [1.29, 1.82) is 0 Å². The predicted octanol–water partition coefficient (Wildman–Crippen LogP) is 12.9. The van der Waals surface area contributed by atoms with Crippen LogP contribution in [0.2, 0.25) is 0 Å². The van der Waals surface area contributed by atoms with Gasteiger partial charge in [-0.3, -0.25) is 0 Å². The maximum Gasteiger partial charge on any atom is 0.0973 e. The first-order chi connectivity index (χ1) is 25.3. The molecule has 0 aliphatic rings. The number of fused-ring (bicyclic) bond motifs is 3. The molecular weight excluding hydrogens is 619 g/mol. The summed E-state index contributed by atoms with van der Waals surface area (Å²) in [6.45, 7) is 0. The Bertz CT molecular complexity index is 2590. The molecule has 51 heavy (non-hydrogen) atoms. The fourth-order valence-electron chi connectivity index (χ4n) is 6.87. The van der Waals surface area contributed by atoms with E-state index in [0.29, 0.717) is 0 Å². The number of anilines is 3. The lowest BCUT2D eigenvalue weighted by Crippen LogP contribution is -2.09. The minimum Gasteiger partial charge on any atom is -0.311 e. The van der Waals surface area contributed by atoms with Crippen molar-refractivity contribution in [3.8, 4) is 44.8 Å². The van der Waals surface area contributed by atoms with Gasteiger partial charge in [-0.15, -0.1) is 0 Å². The van der Waals surface area contributed by atoms with Gasteiger partial charge in [0.15, 0.2) is 0 Å². The van der Waals surface area contributed by atoms with Gasteiger partial charge in [0.25, 0.3) is 0 Å². The van der Waals surface area contributed by atoms with Gasteiger partial charge in [-0.1, -0.05) is 152 Å². The summed E-state index contributed by atoms with van der Waals surface area (Å²) < 4.78 is 0. The van der Waals surface area contributed by atoms with Crippen LogP contribution in [0, 0.1) is 0 Å². The number of hydrogen-bond donors (Lipinski definition) is 0. The number of aromatic nitrogens is 2. The Morgan fingerprint density at radius 2 is 0.725 bits per heavy atom. The van der Waals surface area contributed by atoms with E-state index in [2.05, 4.69) is 193 Å². The second kappa shape index (κ2) is 13.2. The van der Waals surface area contributed by atoms with Crippen LogP contribution in [0.1, 0.15) is 0 Å². The molecule has 0 radical (unpaired) electrons. The fourth-order valence-corrected chi connectivity index (χ4v) is 6.87. The van der Waals surface area contributed by atoms with E-state index < -0.39 is 0 Å². The summed E-state index contributed by atoms with van der Waals surface area (Å²) in [6, 6.07) is 70.3. The lowest BCUT2D eigenvalue weighted by atomic mass is 9.99. The molecule has 0 saturated carbocycles. The van der Waals surface area contributed by atoms with Gasteiger partial charge in [-0.25, -0.2) is 9.97 Å². The second-order valence-corrected chi connectivity index (χ2v) is 12.7. The van der Waals surface area contributed by atoms with Crippen molar-refractivity contribution in [1.82, 2.24) is 9.97 Å². The van der Waals surface area contributed by atoms with E-state index in [0.717, 1.165) is 72.5 Å². The van der Waals surface area contributed by atoms with Gasteiger partial charge in [-0.05, 0) is 76.2 Å². The SMILES string of the molecule is c1ccc(-c2ccc(N(c3ccccc3)c3ccc(-c4ccc5ccc6nc(-c7ccccc7)c(-c7ccccc7)nc6c5c4)cc3)cc2)cc1. The van der Waals surface area contributed by atoms with Crippen LogP contribution < -0.4 is 4.90 Å². The lowest BCUT2D eigenvalue weighted by Gasteiger charge is -2.26. The van der Waals surface area contributed by atoms with Gasteiger partial charge >= 0.3 is 0 Å². The number of nitrogens with zero attached hydrogens (tertiary/aromatic N) is 3. The summed E-state index contributed by atoms with van der Waals surface area (Å²) in [6.07, 6.45) is 0. The quantitative estimate of drug-likeness (QED) is 0.161. The molecule has 9 aromatic rings. The third-order valence-electron chi connectivity index (χ3n) is 9.45. The van der Waals surface area contributed by atoms with E-state index in [1.807, 2.05) is 12.1 Å². The molecule has 9 rings (SSSR count). The number of rotatable bonds is 7. The zero-order valence-electron chi connectivity index (χ0n) is 27.9. The first-order valence-corrected chi connectivity index (χ1v) is 17.2. The van der Waals surface area contributed by atoms with Crippen LogP contribution in [0.5, 0.6) is 0 Å². The summed E-state index contributed by atoms with van der Waals surface area (Å²) in [5.74, 6) is 0. The third kappa shape index (κ3) is 5.92. The van der Waals surface area contributed by atoms with E-state index in [1.165, 1.54) is 11.1 Å². The van der Waals surface area contributed by atoms with Crippen molar-refractivity contribution in [3.05, 3.63) is 200 Å². The second-order valence-electron chi connectivity index (χ2n) is 12.7. The summed E-state index contributed by atoms with van der Waals surface area (Å²) in [5, 5.41) is 2.22. The number of para-hydroxylation sites is 1. The zero-order valence-corrected chi connectivity index (χ0v) is 27.9. The molecule has 240 valence electrons. The van der Waals surface area contributed by atoms with Crippen molar-refractivity contribution >= 4 is 38.9 Å². The molecule has 0 saturated heterocycles. The highest BCUT2D eigenvalue weighted by atomic mass is 15.1. The molecule has 8 aromatic carbocycles. The Morgan fingerprint density at radius 1 is 0.314 bits per heavy atom. The Kier molecular flexibility index (Phi) is 7.84. The van der Waals surface area contributed by atoms with E-state index in [1.54, 1.807) is 0 Å². The maximum absolute atomic E-state index is 5.35. The molecule has 3 heteroatoms. The molecule has 0 aliphatic carbocycles. The van der Waals surface area contributed by atoms with Gasteiger partial charge in [-0.2, -0.15) is 0 Å². The Hall–Kier alpha value is -6.84. The van der Waals surface area contributed by atoms with Crippen molar-refractivity contribution in [3.63, 3.8) is 0 Å². The molecule has 0 N–H and O–H groups in total. The molecule has 1 heterocycles. The highest BCUT2D eigenvalue weighted by molar-refractivity contribution is 6.07.